The second kappa shape index (κ2) is 7.87. The van der Waals surface area contributed by atoms with Crippen molar-refractivity contribution in [3.05, 3.63) is 70.4 Å². The van der Waals surface area contributed by atoms with Crippen molar-refractivity contribution < 1.29 is 14.5 Å². The highest BCUT2D eigenvalue weighted by Gasteiger charge is 2.32. The average molecular weight is 393 g/mol. The molecule has 0 saturated carbocycles. The number of nitrogens with zero attached hydrogens (tertiary/aromatic N) is 3. The Labute approximate surface area is 169 Å². The molecular formula is C22H23N3O4. The standard InChI is InChI=1S/C22H23N3O4/c1-22(2,3)21(26)24(4)20-16-11-8-12-23-19(16)18(13-17(20)25(27)28)29-14-15-9-6-5-7-10-15/h5-13H,14H2,1-4H3. The van der Waals surface area contributed by atoms with Gasteiger partial charge in [-0.3, -0.25) is 19.9 Å². The molecular weight excluding hydrogens is 370 g/mol. The number of benzene rings is 2. The summed E-state index contributed by atoms with van der Waals surface area (Å²) in [4.78, 5) is 29.9. The van der Waals surface area contributed by atoms with Gasteiger partial charge >= 0.3 is 0 Å². The Morgan fingerprint density at radius 1 is 1.17 bits per heavy atom. The van der Waals surface area contributed by atoms with E-state index in [4.69, 9.17) is 4.74 Å². The summed E-state index contributed by atoms with van der Waals surface area (Å²) in [5.41, 5.74) is 0.722. The lowest BCUT2D eigenvalue weighted by Gasteiger charge is -2.27. The number of pyridine rings is 1. The molecule has 0 atom stereocenters. The Kier molecular flexibility index (Phi) is 5.50. The number of nitro benzene ring substituents is 1. The summed E-state index contributed by atoms with van der Waals surface area (Å²) >= 11 is 0. The van der Waals surface area contributed by atoms with E-state index in [1.807, 2.05) is 30.3 Å². The maximum absolute atomic E-state index is 12.8. The second-order valence-corrected chi connectivity index (χ2v) is 7.79. The van der Waals surface area contributed by atoms with Crippen LogP contribution in [0.4, 0.5) is 11.4 Å². The van der Waals surface area contributed by atoms with E-state index in [0.717, 1.165) is 5.56 Å². The molecule has 0 aliphatic heterocycles. The summed E-state index contributed by atoms with van der Waals surface area (Å²) in [7, 11) is 1.55. The Balaban J connectivity index is 2.14. The van der Waals surface area contributed by atoms with E-state index >= 15 is 0 Å². The number of ether oxygens (including phenoxy) is 1. The molecule has 150 valence electrons. The van der Waals surface area contributed by atoms with Crippen LogP contribution in [-0.2, 0) is 11.4 Å². The Morgan fingerprint density at radius 3 is 2.48 bits per heavy atom. The van der Waals surface area contributed by atoms with Crippen LogP contribution >= 0.6 is 0 Å². The zero-order chi connectivity index (χ0) is 21.2. The van der Waals surface area contributed by atoms with E-state index < -0.39 is 10.3 Å². The molecule has 2 aromatic carbocycles. The molecule has 0 aliphatic rings. The molecule has 0 bridgehead atoms. The summed E-state index contributed by atoms with van der Waals surface area (Å²) in [6.45, 7) is 5.57. The average Bonchev–Trinajstić information content (AvgIpc) is 2.70. The summed E-state index contributed by atoms with van der Waals surface area (Å²) in [5.74, 6) is 0.0696. The van der Waals surface area contributed by atoms with Crippen LogP contribution in [0.3, 0.4) is 0 Å². The Bertz CT molecular complexity index is 1060. The lowest BCUT2D eigenvalue weighted by atomic mass is 9.94. The molecule has 0 unspecified atom stereocenters. The number of nitro groups is 1. The van der Waals surface area contributed by atoms with Gasteiger partial charge in [-0.05, 0) is 17.7 Å². The van der Waals surface area contributed by atoms with Crippen LogP contribution in [0, 0.1) is 15.5 Å². The molecule has 3 aromatic rings. The number of hydrogen-bond donors (Lipinski definition) is 0. The van der Waals surface area contributed by atoms with E-state index in [-0.39, 0.29) is 23.9 Å². The zero-order valence-corrected chi connectivity index (χ0v) is 16.9. The molecule has 1 aromatic heterocycles. The SMILES string of the molecule is CN(C(=O)C(C)(C)C)c1c([N+](=O)[O-])cc(OCc2ccccc2)c2ncccc12. The number of fused-ring (bicyclic) bond motifs is 1. The number of aromatic nitrogens is 1. The smallest absolute Gasteiger partial charge is 0.297 e. The summed E-state index contributed by atoms with van der Waals surface area (Å²) < 4.78 is 5.89. The van der Waals surface area contributed by atoms with Gasteiger partial charge < -0.3 is 9.64 Å². The molecule has 1 heterocycles. The normalized spacial score (nSPS) is 11.3. The predicted octanol–water partition coefficient (Wildman–Crippen LogP) is 4.73. The van der Waals surface area contributed by atoms with Gasteiger partial charge in [0.15, 0.2) is 5.75 Å². The summed E-state index contributed by atoms with van der Waals surface area (Å²) in [6.07, 6.45) is 1.60. The van der Waals surface area contributed by atoms with Crippen molar-refractivity contribution in [3.63, 3.8) is 0 Å². The number of rotatable bonds is 5. The van der Waals surface area contributed by atoms with E-state index in [2.05, 4.69) is 4.98 Å². The first-order valence-corrected chi connectivity index (χ1v) is 9.21. The van der Waals surface area contributed by atoms with Crippen LogP contribution in [0.2, 0.25) is 0 Å². The van der Waals surface area contributed by atoms with Crippen LogP contribution in [-0.4, -0.2) is 22.9 Å². The first-order chi connectivity index (χ1) is 13.7. The predicted molar refractivity (Wildman–Crippen MR) is 112 cm³/mol. The van der Waals surface area contributed by atoms with E-state index in [1.165, 1.54) is 11.0 Å². The van der Waals surface area contributed by atoms with Crippen molar-refractivity contribution >= 4 is 28.2 Å². The van der Waals surface area contributed by atoms with Crippen molar-refractivity contribution in [3.8, 4) is 5.75 Å². The molecule has 0 radical (unpaired) electrons. The molecule has 3 rings (SSSR count). The van der Waals surface area contributed by atoms with Gasteiger partial charge in [0, 0.05) is 24.0 Å². The number of amides is 1. The Hall–Kier alpha value is -3.48. The van der Waals surface area contributed by atoms with E-state index in [0.29, 0.717) is 16.7 Å². The third kappa shape index (κ3) is 4.18. The lowest BCUT2D eigenvalue weighted by molar-refractivity contribution is -0.384. The summed E-state index contributed by atoms with van der Waals surface area (Å²) in [6, 6.07) is 14.3. The minimum atomic E-state index is -0.695. The van der Waals surface area contributed by atoms with Crippen molar-refractivity contribution in [2.24, 2.45) is 5.41 Å². The lowest BCUT2D eigenvalue weighted by Crippen LogP contribution is -2.37. The van der Waals surface area contributed by atoms with Crippen LogP contribution < -0.4 is 9.64 Å². The molecule has 0 spiro atoms. The van der Waals surface area contributed by atoms with Crippen LogP contribution in [0.25, 0.3) is 10.9 Å². The van der Waals surface area contributed by atoms with Gasteiger partial charge in [-0.15, -0.1) is 0 Å². The van der Waals surface area contributed by atoms with Gasteiger partial charge in [-0.1, -0.05) is 51.1 Å². The van der Waals surface area contributed by atoms with Crippen LogP contribution in [0.5, 0.6) is 5.75 Å². The molecule has 1 amide bonds. The minimum Gasteiger partial charge on any atom is -0.486 e. The third-order valence-electron chi connectivity index (χ3n) is 4.52. The summed E-state index contributed by atoms with van der Waals surface area (Å²) in [5, 5.41) is 12.4. The quantitative estimate of drug-likeness (QED) is 0.462. The van der Waals surface area contributed by atoms with E-state index in [1.54, 1.807) is 46.1 Å². The fourth-order valence-corrected chi connectivity index (χ4v) is 3.13. The largest absolute Gasteiger partial charge is 0.486 e. The topological polar surface area (TPSA) is 85.6 Å². The zero-order valence-electron chi connectivity index (χ0n) is 16.9. The fourth-order valence-electron chi connectivity index (χ4n) is 3.13. The van der Waals surface area contributed by atoms with Crippen LogP contribution in [0.1, 0.15) is 26.3 Å². The van der Waals surface area contributed by atoms with Gasteiger partial charge in [0.25, 0.3) is 5.69 Å². The van der Waals surface area contributed by atoms with Crippen molar-refractivity contribution in [1.29, 1.82) is 0 Å². The molecule has 0 saturated heterocycles. The first kappa shape index (κ1) is 20.3. The monoisotopic (exact) mass is 393 g/mol. The van der Waals surface area contributed by atoms with Gasteiger partial charge in [-0.25, -0.2) is 0 Å². The number of hydrogen-bond acceptors (Lipinski definition) is 5. The Morgan fingerprint density at radius 2 is 1.86 bits per heavy atom. The van der Waals surface area contributed by atoms with Crippen molar-refractivity contribution in [2.45, 2.75) is 27.4 Å². The van der Waals surface area contributed by atoms with Gasteiger partial charge in [0.2, 0.25) is 5.91 Å². The molecule has 29 heavy (non-hydrogen) atoms. The third-order valence-corrected chi connectivity index (χ3v) is 4.52. The van der Waals surface area contributed by atoms with Gasteiger partial charge in [0.1, 0.15) is 17.8 Å². The molecule has 0 N–H and O–H groups in total. The second-order valence-electron chi connectivity index (χ2n) is 7.79. The highest BCUT2D eigenvalue weighted by molar-refractivity contribution is 6.09. The highest BCUT2D eigenvalue weighted by Crippen LogP contribution is 2.41. The number of anilines is 1. The molecule has 0 aliphatic carbocycles. The maximum Gasteiger partial charge on any atom is 0.297 e. The minimum absolute atomic E-state index is 0.200. The van der Waals surface area contributed by atoms with Crippen molar-refractivity contribution in [1.82, 2.24) is 4.98 Å². The number of carbonyl (C=O) groups is 1. The first-order valence-electron chi connectivity index (χ1n) is 9.21. The highest BCUT2D eigenvalue weighted by atomic mass is 16.6. The van der Waals surface area contributed by atoms with Gasteiger partial charge in [0.05, 0.1) is 11.0 Å². The molecule has 7 nitrogen and oxygen atoms in total. The maximum atomic E-state index is 12.8. The molecule has 7 heteroatoms. The van der Waals surface area contributed by atoms with Crippen LogP contribution in [0.15, 0.2) is 54.7 Å². The molecule has 0 fully saturated rings. The van der Waals surface area contributed by atoms with E-state index in [9.17, 15) is 14.9 Å². The van der Waals surface area contributed by atoms with Gasteiger partial charge in [-0.2, -0.15) is 0 Å². The fraction of sp³-hybridized carbons (Fsp3) is 0.273. The van der Waals surface area contributed by atoms with Crippen molar-refractivity contribution in [2.75, 3.05) is 11.9 Å². The number of carbonyl (C=O) groups excluding carboxylic acids is 1.